The summed E-state index contributed by atoms with van der Waals surface area (Å²) in [6, 6.07) is 13.1. The number of hydrogen-bond acceptors (Lipinski definition) is 7. The topological polar surface area (TPSA) is 101 Å². The summed E-state index contributed by atoms with van der Waals surface area (Å²) in [7, 11) is 1.54. The molecule has 1 fully saturated rings. The highest BCUT2D eigenvalue weighted by Crippen LogP contribution is 2.36. The van der Waals surface area contributed by atoms with Gasteiger partial charge < -0.3 is 25.0 Å². The van der Waals surface area contributed by atoms with E-state index < -0.39 is 17.0 Å². The number of ketones is 1. The quantitative estimate of drug-likeness (QED) is 0.224. The van der Waals surface area contributed by atoms with Gasteiger partial charge in [-0.1, -0.05) is 11.6 Å². The minimum absolute atomic E-state index is 0.0368. The molecule has 7 nitrogen and oxygen atoms in total. The number of Topliss-reactive ketones (excluding diaryl/α,β-unsaturated/α-hetero) is 1. The van der Waals surface area contributed by atoms with Crippen molar-refractivity contribution in [3.05, 3.63) is 76.2 Å². The van der Waals surface area contributed by atoms with E-state index in [0.29, 0.717) is 40.6 Å². The zero-order valence-corrected chi connectivity index (χ0v) is 24.0. The first-order valence-corrected chi connectivity index (χ1v) is 13.8. The molecule has 4 rings (SSSR count). The molecule has 3 aromatic rings. The van der Waals surface area contributed by atoms with Crippen molar-refractivity contribution in [2.75, 3.05) is 20.3 Å². The Hall–Kier alpha value is -3.04. The van der Waals surface area contributed by atoms with Crippen LogP contribution in [0.25, 0.3) is 11.3 Å². The predicted octanol–water partition coefficient (Wildman–Crippen LogP) is 5.78. The van der Waals surface area contributed by atoms with E-state index in [9.17, 15) is 19.4 Å². The highest BCUT2D eigenvalue weighted by atomic mass is 35.5. The SMILES string of the molecule is COc1cc(C(=O)CCC(C)(O)c2cc(C(C)(C)NCCO)cc(-c3ccc(F)c(Cl)c3)n2)ccc1OC1CC1. The van der Waals surface area contributed by atoms with E-state index in [4.69, 9.17) is 26.1 Å². The van der Waals surface area contributed by atoms with Gasteiger partial charge in [0.05, 0.1) is 36.2 Å². The fraction of sp³-hybridized carbons (Fsp3) is 0.419. The van der Waals surface area contributed by atoms with Crippen molar-refractivity contribution >= 4 is 17.4 Å². The van der Waals surface area contributed by atoms with E-state index in [1.165, 1.54) is 19.2 Å². The van der Waals surface area contributed by atoms with Gasteiger partial charge in [0.25, 0.3) is 0 Å². The first kappa shape index (κ1) is 29.9. The molecule has 1 aliphatic rings. The van der Waals surface area contributed by atoms with Gasteiger partial charge in [-0.15, -0.1) is 0 Å². The van der Waals surface area contributed by atoms with E-state index in [0.717, 1.165) is 18.4 Å². The number of ether oxygens (including phenoxy) is 2. The Balaban J connectivity index is 1.60. The number of nitrogens with one attached hydrogen (secondary N) is 1. The lowest BCUT2D eigenvalue weighted by molar-refractivity contribution is 0.0396. The molecule has 9 heteroatoms. The molecular formula is C31H36ClFN2O5. The molecule has 0 amide bonds. The van der Waals surface area contributed by atoms with Gasteiger partial charge >= 0.3 is 0 Å². The van der Waals surface area contributed by atoms with Crippen LogP contribution >= 0.6 is 11.6 Å². The van der Waals surface area contributed by atoms with Crippen LogP contribution in [0.5, 0.6) is 11.5 Å². The van der Waals surface area contributed by atoms with Gasteiger partial charge in [-0.05, 0) is 94.1 Å². The number of nitrogens with zero attached hydrogens (tertiary/aromatic N) is 1. The van der Waals surface area contributed by atoms with Crippen LogP contribution < -0.4 is 14.8 Å². The molecule has 1 aromatic heterocycles. The number of benzene rings is 2. The maximum Gasteiger partial charge on any atom is 0.163 e. The van der Waals surface area contributed by atoms with Crippen LogP contribution in [-0.4, -0.2) is 47.3 Å². The van der Waals surface area contributed by atoms with E-state index in [1.807, 2.05) is 19.9 Å². The van der Waals surface area contributed by atoms with Crippen molar-refractivity contribution in [2.45, 2.75) is 63.7 Å². The molecule has 0 spiro atoms. The lowest BCUT2D eigenvalue weighted by Gasteiger charge is -2.30. The molecule has 1 heterocycles. The van der Waals surface area contributed by atoms with Crippen molar-refractivity contribution in [3.8, 4) is 22.8 Å². The fourth-order valence-electron chi connectivity index (χ4n) is 4.37. The van der Waals surface area contributed by atoms with Gasteiger partial charge in [-0.25, -0.2) is 9.37 Å². The molecule has 1 unspecified atom stereocenters. The molecule has 3 N–H and O–H groups in total. The van der Waals surface area contributed by atoms with Gasteiger partial charge in [0.2, 0.25) is 0 Å². The minimum Gasteiger partial charge on any atom is -0.493 e. The maximum atomic E-state index is 13.9. The van der Waals surface area contributed by atoms with Crippen LogP contribution in [-0.2, 0) is 11.1 Å². The highest BCUT2D eigenvalue weighted by molar-refractivity contribution is 6.31. The van der Waals surface area contributed by atoms with E-state index in [2.05, 4.69) is 5.32 Å². The van der Waals surface area contributed by atoms with Crippen LogP contribution in [0.3, 0.4) is 0 Å². The predicted molar refractivity (Wildman–Crippen MR) is 153 cm³/mol. The molecule has 2 aromatic carbocycles. The summed E-state index contributed by atoms with van der Waals surface area (Å²) in [4.78, 5) is 17.8. The highest BCUT2D eigenvalue weighted by Gasteiger charge is 2.30. The summed E-state index contributed by atoms with van der Waals surface area (Å²) in [5, 5.41) is 24.2. The summed E-state index contributed by atoms with van der Waals surface area (Å²) in [6.45, 7) is 5.84. The van der Waals surface area contributed by atoms with Crippen LogP contribution in [0.4, 0.5) is 4.39 Å². The Labute approximate surface area is 239 Å². The van der Waals surface area contributed by atoms with Gasteiger partial charge in [-0.2, -0.15) is 0 Å². The Morgan fingerprint density at radius 2 is 1.88 bits per heavy atom. The summed E-state index contributed by atoms with van der Waals surface area (Å²) >= 11 is 6.05. The lowest BCUT2D eigenvalue weighted by Crippen LogP contribution is -2.39. The maximum absolute atomic E-state index is 13.9. The van der Waals surface area contributed by atoms with E-state index >= 15 is 0 Å². The van der Waals surface area contributed by atoms with Crippen molar-refractivity contribution in [1.82, 2.24) is 10.3 Å². The molecule has 1 atom stereocenters. The second-order valence-corrected chi connectivity index (χ2v) is 11.3. The molecular weight excluding hydrogens is 535 g/mol. The molecule has 1 aliphatic carbocycles. The average Bonchev–Trinajstić information content (AvgIpc) is 3.76. The first-order valence-electron chi connectivity index (χ1n) is 13.4. The van der Waals surface area contributed by atoms with Crippen molar-refractivity contribution < 1.29 is 28.9 Å². The van der Waals surface area contributed by atoms with Crippen molar-refractivity contribution in [2.24, 2.45) is 0 Å². The summed E-state index contributed by atoms with van der Waals surface area (Å²) in [5.74, 6) is 0.420. The zero-order valence-electron chi connectivity index (χ0n) is 23.3. The number of aliphatic hydroxyl groups excluding tert-OH is 1. The number of hydrogen-bond donors (Lipinski definition) is 3. The molecule has 214 valence electrons. The molecule has 0 bridgehead atoms. The van der Waals surface area contributed by atoms with Gasteiger partial charge in [-0.3, -0.25) is 4.79 Å². The Bertz CT molecular complexity index is 1370. The summed E-state index contributed by atoms with van der Waals surface area (Å²) in [5.41, 5.74) is 0.647. The molecule has 40 heavy (non-hydrogen) atoms. The third-order valence-electron chi connectivity index (χ3n) is 7.14. The van der Waals surface area contributed by atoms with E-state index in [1.54, 1.807) is 37.3 Å². The zero-order chi connectivity index (χ0) is 29.1. The Kier molecular flexibility index (Phi) is 9.15. The lowest BCUT2D eigenvalue weighted by atomic mass is 9.87. The normalized spacial score (nSPS) is 15.0. The van der Waals surface area contributed by atoms with Gasteiger partial charge in [0, 0.05) is 29.6 Å². The molecule has 0 saturated heterocycles. The van der Waals surface area contributed by atoms with Gasteiger partial charge in [0.15, 0.2) is 17.3 Å². The molecule has 0 radical (unpaired) electrons. The minimum atomic E-state index is -1.46. The second kappa shape index (κ2) is 12.2. The van der Waals surface area contributed by atoms with E-state index in [-0.39, 0.29) is 36.4 Å². The summed E-state index contributed by atoms with van der Waals surface area (Å²) in [6.07, 6.45) is 2.40. The fourth-order valence-corrected chi connectivity index (χ4v) is 4.55. The smallest absolute Gasteiger partial charge is 0.163 e. The Morgan fingerprint density at radius 1 is 1.12 bits per heavy atom. The number of aliphatic hydroxyl groups is 2. The third-order valence-corrected chi connectivity index (χ3v) is 7.43. The number of rotatable bonds is 13. The summed E-state index contributed by atoms with van der Waals surface area (Å²) < 4.78 is 25.1. The van der Waals surface area contributed by atoms with Crippen molar-refractivity contribution in [1.29, 1.82) is 0 Å². The number of carbonyl (C=O) groups is 1. The van der Waals surface area contributed by atoms with Crippen LogP contribution in [0.2, 0.25) is 5.02 Å². The molecule has 0 aliphatic heterocycles. The first-order chi connectivity index (χ1) is 18.9. The van der Waals surface area contributed by atoms with Crippen LogP contribution in [0.1, 0.15) is 68.1 Å². The second-order valence-electron chi connectivity index (χ2n) is 10.9. The Morgan fingerprint density at radius 3 is 2.52 bits per heavy atom. The largest absolute Gasteiger partial charge is 0.493 e. The number of halogens is 2. The number of aromatic nitrogens is 1. The molecule has 1 saturated carbocycles. The number of carbonyl (C=O) groups excluding carboxylic acids is 1. The number of pyridine rings is 1. The van der Waals surface area contributed by atoms with Crippen LogP contribution in [0, 0.1) is 5.82 Å². The third kappa shape index (κ3) is 7.18. The van der Waals surface area contributed by atoms with Crippen molar-refractivity contribution in [3.63, 3.8) is 0 Å². The monoisotopic (exact) mass is 570 g/mol. The van der Waals surface area contributed by atoms with Crippen LogP contribution in [0.15, 0.2) is 48.5 Å². The standard InChI is InChI=1S/C31H36ClFN2O5/c1-30(2,34-13-14-36)21-17-25(19-5-9-24(33)23(32)15-19)35-29(18-21)31(3,38)12-11-26(37)20-6-10-27(28(16-20)39-4)40-22-7-8-22/h5-6,9-10,15-18,22,34,36,38H,7-8,11-14H2,1-4H3. The number of methoxy groups -OCH3 is 1. The van der Waals surface area contributed by atoms with Gasteiger partial charge in [0.1, 0.15) is 11.4 Å². The average molecular weight is 571 g/mol.